The van der Waals surface area contributed by atoms with Gasteiger partial charge in [-0.15, -0.1) is 0 Å². The minimum atomic E-state index is -0.133. The number of aliphatic hydroxyl groups is 1. The number of allylic oxidation sites excluding steroid dienone is 1. The molecule has 0 aromatic heterocycles. The lowest BCUT2D eigenvalue weighted by molar-refractivity contribution is -0.184. The fraction of sp³-hybridized carbons (Fsp3) is 0.929. The zero-order chi connectivity index (χ0) is 21.7. The van der Waals surface area contributed by atoms with Gasteiger partial charge in [0.1, 0.15) is 0 Å². The monoisotopic (exact) mass is 413 g/mol. The van der Waals surface area contributed by atoms with E-state index in [1.807, 2.05) is 0 Å². The van der Waals surface area contributed by atoms with Crippen molar-refractivity contribution in [3.63, 3.8) is 0 Å². The van der Waals surface area contributed by atoms with Gasteiger partial charge in [-0.05, 0) is 110 Å². The van der Waals surface area contributed by atoms with Gasteiger partial charge < -0.3 is 10.8 Å². The summed E-state index contributed by atoms with van der Waals surface area (Å²) in [4.78, 5) is 0. The van der Waals surface area contributed by atoms with Crippen LogP contribution in [0, 0.1) is 45.3 Å². The summed E-state index contributed by atoms with van der Waals surface area (Å²) in [5, 5.41) is 10.8. The number of fused-ring (bicyclic) bond motifs is 7. The Morgan fingerprint density at radius 3 is 2.23 bits per heavy atom. The maximum atomic E-state index is 10.8. The molecule has 4 saturated carbocycles. The van der Waals surface area contributed by atoms with E-state index >= 15 is 0 Å². The summed E-state index contributed by atoms with van der Waals surface area (Å²) >= 11 is 0. The van der Waals surface area contributed by atoms with Crippen LogP contribution in [0.15, 0.2) is 11.6 Å². The van der Waals surface area contributed by atoms with Gasteiger partial charge in [-0.1, -0.05) is 53.2 Å². The average Bonchev–Trinajstić information content (AvgIpc) is 2.65. The molecule has 0 amide bonds. The van der Waals surface area contributed by atoms with E-state index in [0.29, 0.717) is 28.1 Å². The largest absolute Gasteiger partial charge is 0.393 e. The van der Waals surface area contributed by atoms with E-state index in [-0.39, 0.29) is 17.1 Å². The zero-order valence-electron chi connectivity index (χ0n) is 20.6. The summed E-state index contributed by atoms with van der Waals surface area (Å²) in [6, 6.07) is 0. The van der Waals surface area contributed by atoms with Crippen molar-refractivity contribution in [2.45, 2.75) is 117 Å². The first-order valence-electron chi connectivity index (χ1n) is 13.0. The minimum absolute atomic E-state index is 0.0463. The van der Waals surface area contributed by atoms with E-state index in [1.165, 1.54) is 57.8 Å². The number of nitrogens with two attached hydrogens (primary N) is 1. The van der Waals surface area contributed by atoms with Crippen LogP contribution in [0.4, 0.5) is 0 Å². The number of rotatable bonds is 0. The van der Waals surface area contributed by atoms with E-state index in [9.17, 15) is 5.11 Å². The molecular weight excluding hydrogens is 366 g/mol. The van der Waals surface area contributed by atoms with Gasteiger partial charge >= 0.3 is 0 Å². The molecule has 0 aromatic carbocycles. The van der Waals surface area contributed by atoms with Crippen molar-refractivity contribution >= 4 is 0 Å². The fourth-order valence-electron chi connectivity index (χ4n) is 9.96. The van der Waals surface area contributed by atoms with Crippen molar-refractivity contribution in [1.82, 2.24) is 0 Å². The van der Waals surface area contributed by atoms with Gasteiger partial charge in [0, 0.05) is 5.54 Å². The molecule has 170 valence electrons. The Morgan fingerprint density at radius 1 is 0.800 bits per heavy atom. The molecule has 4 fully saturated rings. The fourth-order valence-corrected chi connectivity index (χ4v) is 9.96. The topological polar surface area (TPSA) is 46.2 Å². The number of aliphatic hydroxyl groups excluding tert-OH is 1. The van der Waals surface area contributed by atoms with Gasteiger partial charge in [-0.3, -0.25) is 0 Å². The van der Waals surface area contributed by atoms with Gasteiger partial charge in [0.15, 0.2) is 0 Å². The molecule has 2 nitrogen and oxygen atoms in total. The van der Waals surface area contributed by atoms with E-state index in [1.54, 1.807) is 5.57 Å². The maximum Gasteiger partial charge on any atom is 0.0594 e. The minimum Gasteiger partial charge on any atom is -0.393 e. The molecule has 0 aliphatic heterocycles. The third-order valence-corrected chi connectivity index (χ3v) is 11.9. The van der Waals surface area contributed by atoms with Crippen molar-refractivity contribution in [2.24, 2.45) is 51.1 Å². The van der Waals surface area contributed by atoms with Crippen LogP contribution in [0.1, 0.15) is 106 Å². The Kier molecular flexibility index (Phi) is 4.57. The first-order valence-corrected chi connectivity index (χ1v) is 13.0. The normalized spacial score (nSPS) is 54.1. The summed E-state index contributed by atoms with van der Waals surface area (Å²) in [6.45, 7) is 14.9. The van der Waals surface area contributed by atoms with Gasteiger partial charge in [0.2, 0.25) is 0 Å². The lowest BCUT2D eigenvalue weighted by Gasteiger charge is -2.68. The van der Waals surface area contributed by atoms with Crippen molar-refractivity contribution < 1.29 is 5.11 Å². The maximum absolute atomic E-state index is 10.8. The third kappa shape index (κ3) is 2.74. The lowest BCUT2D eigenvalue weighted by Crippen LogP contribution is -2.63. The van der Waals surface area contributed by atoms with Gasteiger partial charge in [0.05, 0.1) is 6.10 Å². The van der Waals surface area contributed by atoms with Crippen molar-refractivity contribution in [3.8, 4) is 0 Å². The Balaban J connectivity index is 1.52. The van der Waals surface area contributed by atoms with E-state index in [0.717, 1.165) is 18.3 Å². The molecule has 0 spiro atoms. The predicted octanol–water partition coefficient (Wildman–Crippen LogP) is 6.47. The van der Waals surface area contributed by atoms with Crippen LogP contribution in [0.5, 0.6) is 0 Å². The Bertz CT molecular complexity index is 752. The third-order valence-electron chi connectivity index (χ3n) is 11.9. The molecule has 3 N–H and O–H groups in total. The van der Waals surface area contributed by atoms with Crippen LogP contribution in [-0.2, 0) is 0 Å². The molecule has 5 aliphatic carbocycles. The Labute approximate surface area is 185 Å². The van der Waals surface area contributed by atoms with Crippen LogP contribution in [0.25, 0.3) is 0 Å². The van der Waals surface area contributed by atoms with Crippen LogP contribution in [0.2, 0.25) is 0 Å². The summed E-state index contributed by atoms with van der Waals surface area (Å²) in [6.07, 6.45) is 14.9. The molecule has 8 unspecified atom stereocenters. The average molecular weight is 414 g/mol. The van der Waals surface area contributed by atoms with Gasteiger partial charge in [-0.25, -0.2) is 0 Å². The smallest absolute Gasteiger partial charge is 0.0594 e. The molecule has 0 radical (unpaired) electrons. The SMILES string of the molecule is CC1(C)CCC2(N)CCC3C(=CCC4C3(C)CCC3C(C)(C)C(O)CCC34C)C2C1. The summed E-state index contributed by atoms with van der Waals surface area (Å²) < 4.78 is 0. The van der Waals surface area contributed by atoms with Crippen LogP contribution >= 0.6 is 0 Å². The van der Waals surface area contributed by atoms with Gasteiger partial charge in [-0.2, -0.15) is 0 Å². The Hall–Kier alpha value is -0.340. The van der Waals surface area contributed by atoms with Crippen molar-refractivity contribution in [3.05, 3.63) is 11.6 Å². The molecule has 0 aromatic rings. The highest BCUT2D eigenvalue weighted by Crippen LogP contribution is 2.70. The molecule has 30 heavy (non-hydrogen) atoms. The van der Waals surface area contributed by atoms with Crippen LogP contribution in [0.3, 0.4) is 0 Å². The molecule has 5 aliphatic rings. The summed E-state index contributed by atoms with van der Waals surface area (Å²) in [5.41, 5.74) is 10.2. The molecule has 2 heteroatoms. The summed E-state index contributed by atoms with van der Waals surface area (Å²) in [5.74, 6) is 2.74. The second-order valence-electron chi connectivity index (χ2n) is 14.2. The lowest BCUT2D eigenvalue weighted by atomic mass is 9.37. The quantitative estimate of drug-likeness (QED) is 0.447. The van der Waals surface area contributed by atoms with E-state index in [2.05, 4.69) is 47.6 Å². The summed E-state index contributed by atoms with van der Waals surface area (Å²) in [7, 11) is 0. The molecular formula is C28H47NO. The number of hydrogen-bond donors (Lipinski definition) is 2. The molecule has 5 rings (SSSR count). The highest BCUT2D eigenvalue weighted by Gasteiger charge is 2.64. The molecule has 0 heterocycles. The standard InChI is InChI=1S/C28H47NO/c1-24(2)15-16-28(29)14-9-19-18(20(28)17-24)7-8-22-26(19,5)12-10-21-25(3,4)23(30)11-13-27(21,22)6/h7,19-23,30H,8-17,29H2,1-6H3. The molecule has 0 saturated heterocycles. The van der Waals surface area contributed by atoms with Crippen molar-refractivity contribution in [1.29, 1.82) is 0 Å². The van der Waals surface area contributed by atoms with Crippen LogP contribution in [-0.4, -0.2) is 16.7 Å². The van der Waals surface area contributed by atoms with Crippen LogP contribution < -0.4 is 5.73 Å². The Morgan fingerprint density at radius 2 is 1.50 bits per heavy atom. The van der Waals surface area contributed by atoms with Gasteiger partial charge in [0.25, 0.3) is 0 Å². The molecule has 0 bridgehead atoms. The van der Waals surface area contributed by atoms with Crippen molar-refractivity contribution in [2.75, 3.05) is 0 Å². The first-order chi connectivity index (χ1) is 13.8. The highest BCUT2D eigenvalue weighted by atomic mass is 16.3. The van der Waals surface area contributed by atoms with E-state index in [4.69, 9.17) is 5.73 Å². The number of hydrogen-bond acceptors (Lipinski definition) is 2. The first kappa shape index (κ1) is 21.5. The zero-order valence-corrected chi connectivity index (χ0v) is 20.6. The second-order valence-corrected chi connectivity index (χ2v) is 14.2. The van der Waals surface area contributed by atoms with E-state index < -0.39 is 0 Å². The highest BCUT2D eigenvalue weighted by molar-refractivity contribution is 5.30. The second kappa shape index (κ2) is 6.37. The molecule has 8 atom stereocenters. The predicted molar refractivity (Wildman–Crippen MR) is 125 cm³/mol.